The zero-order valence-electron chi connectivity index (χ0n) is 14.3. The maximum atomic E-state index is 12.9. The van der Waals surface area contributed by atoms with Crippen molar-refractivity contribution in [3.63, 3.8) is 0 Å². The van der Waals surface area contributed by atoms with E-state index in [4.69, 9.17) is 21.1 Å². The standard InChI is InChI=1S/C17H21ClF3NO3/c1-16(2,3)25-15(23)22-9-5-6-11(10-22)24-13-8-4-7-12(14(13)18)17(19,20)21/h4,7-8,11H,5-6,9-10H2,1-3H3. The molecule has 1 heterocycles. The molecule has 1 amide bonds. The summed E-state index contributed by atoms with van der Waals surface area (Å²) in [6.07, 6.45) is -4.17. The highest BCUT2D eigenvalue weighted by Crippen LogP contribution is 2.39. The predicted octanol–water partition coefficient (Wildman–Crippen LogP) is 5.14. The molecule has 0 aliphatic carbocycles. The predicted molar refractivity (Wildman–Crippen MR) is 87.9 cm³/mol. The Kier molecular flexibility index (Phi) is 5.76. The highest BCUT2D eigenvalue weighted by molar-refractivity contribution is 6.32. The van der Waals surface area contributed by atoms with Crippen molar-refractivity contribution >= 4 is 17.7 Å². The van der Waals surface area contributed by atoms with Crippen molar-refractivity contribution in [3.05, 3.63) is 28.8 Å². The number of hydrogen-bond donors (Lipinski definition) is 0. The maximum Gasteiger partial charge on any atom is 0.417 e. The Labute approximate surface area is 149 Å². The van der Waals surface area contributed by atoms with E-state index in [-0.39, 0.29) is 12.3 Å². The van der Waals surface area contributed by atoms with Gasteiger partial charge in [0.2, 0.25) is 0 Å². The third-order valence-electron chi connectivity index (χ3n) is 3.59. The SMILES string of the molecule is CC(C)(C)OC(=O)N1CCCC(Oc2cccc(C(F)(F)F)c2Cl)C1. The molecule has 1 unspecified atom stereocenters. The molecule has 0 bridgehead atoms. The van der Waals surface area contributed by atoms with Gasteiger partial charge in [-0.05, 0) is 45.7 Å². The molecule has 140 valence electrons. The van der Waals surface area contributed by atoms with Gasteiger partial charge in [0.05, 0.1) is 17.1 Å². The molecular formula is C17H21ClF3NO3. The van der Waals surface area contributed by atoms with E-state index in [0.717, 1.165) is 6.07 Å². The molecule has 8 heteroatoms. The van der Waals surface area contributed by atoms with Gasteiger partial charge in [0.25, 0.3) is 0 Å². The first-order valence-corrected chi connectivity index (χ1v) is 8.35. The summed E-state index contributed by atoms with van der Waals surface area (Å²) >= 11 is 5.85. The van der Waals surface area contributed by atoms with Gasteiger partial charge in [0.1, 0.15) is 17.5 Å². The fourth-order valence-corrected chi connectivity index (χ4v) is 2.80. The van der Waals surface area contributed by atoms with Crippen LogP contribution in [-0.2, 0) is 10.9 Å². The molecule has 1 fully saturated rings. The number of piperidine rings is 1. The van der Waals surface area contributed by atoms with Crippen molar-refractivity contribution in [2.75, 3.05) is 13.1 Å². The summed E-state index contributed by atoms with van der Waals surface area (Å²) < 4.78 is 49.7. The minimum absolute atomic E-state index is 0.0347. The number of hydrogen-bond acceptors (Lipinski definition) is 3. The van der Waals surface area contributed by atoms with Crippen LogP contribution in [0.2, 0.25) is 5.02 Å². The van der Waals surface area contributed by atoms with Crippen LogP contribution in [0.5, 0.6) is 5.75 Å². The number of carbonyl (C=O) groups excluding carboxylic acids is 1. The Hall–Kier alpha value is -1.63. The van der Waals surface area contributed by atoms with Gasteiger partial charge in [0.15, 0.2) is 0 Å². The minimum Gasteiger partial charge on any atom is -0.487 e. The van der Waals surface area contributed by atoms with Crippen molar-refractivity contribution in [1.29, 1.82) is 0 Å². The maximum absolute atomic E-state index is 12.9. The second kappa shape index (κ2) is 7.32. The van der Waals surface area contributed by atoms with Gasteiger partial charge >= 0.3 is 12.3 Å². The molecule has 0 saturated carbocycles. The first kappa shape index (κ1) is 19.7. The molecule has 1 atom stereocenters. The van der Waals surface area contributed by atoms with Crippen molar-refractivity contribution in [2.45, 2.75) is 51.5 Å². The van der Waals surface area contributed by atoms with Gasteiger partial charge in [-0.3, -0.25) is 0 Å². The van der Waals surface area contributed by atoms with Gasteiger partial charge in [-0.2, -0.15) is 13.2 Å². The Balaban J connectivity index is 2.07. The number of benzene rings is 1. The Bertz CT molecular complexity index is 629. The number of halogens is 4. The Morgan fingerprint density at radius 2 is 1.96 bits per heavy atom. The van der Waals surface area contributed by atoms with Crippen LogP contribution in [0, 0.1) is 0 Å². The fourth-order valence-electron chi connectivity index (χ4n) is 2.53. The third kappa shape index (κ3) is 5.42. The minimum atomic E-state index is -4.55. The summed E-state index contributed by atoms with van der Waals surface area (Å²) in [5.41, 5.74) is -1.55. The number of alkyl halides is 3. The van der Waals surface area contributed by atoms with E-state index >= 15 is 0 Å². The summed E-state index contributed by atoms with van der Waals surface area (Å²) in [6, 6.07) is 3.55. The zero-order chi connectivity index (χ0) is 18.8. The molecule has 0 N–H and O–H groups in total. The van der Waals surface area contributed by atoms with Crippen LogP contribution >= 0.6 is 11.6 Å². The Morgan fingerprint density at radius 1 is 1.28 bits per heavy atom. The van der Waals surface area contributed by atoms with E-state index in [0.29, 0.717) is 19.4 Å². The van der Waals surface area contributed by atoms with Crippen molar-refractivity contribution in [3.8, 4) is 5.75 Å². The summed E-state index contributed by atoms with van der Waals surface area (Å²) in [5, 5.41) is -0.468. The molecule has 4 nitrogen and oxygen atoms in total. The van der Waals surface area contributed by atoms with E-state index in [2.05, 4.69) is 0 Å². The summed E-state index contributed by atoms with van der Waals surface area (Å²) in [4.78, 5) is 13.6. The largest absolute Gasteiger partial charge is 0.487 e. The van der Waals surface area contributed by atoms with Gasteiger partial charge in [0, 0.05) is 6.54 Å². The van der Waals surface area contributed by atoms with Crippen LogP contribution in [0.3, 0.4) is 0 Å². The monoisotopic (exact) mass is 379 g/mol. The zero-order valence-corrected chi connectivity index (χ0v) is 15.1. The molecule has 1 aromatic carbocycles. The van der Waals surface area contributed by atoms with E-state index in [1.54, 1.807) is 20.8 Å². The van der Waals surface area contributed by atoms with Crippen molar-refractivity contribution < 1.29 is 27.4 Å². The number of amides is 1. The first-order valence-electron chi connectivity index (χ1n) is 7.97. The molecule has 0 spiro atoms. The van der Waals surface area contributed by atoms with E-state index in [9.17, 15) is 18.0 Å². The van der Waals surface area contributed by atoms with Gasteiger partial charge in [-0.15, -0.1) is 0 Å². The van der Waals surface area contributed by atoms with E-state index < -0.39 is 34.6 Å². The lowest BCUT2D eigenvalue weighted by Gasteiger charge is -2.34. The van der Waals surface area contributed by atoms with Crippen LogP contribution in [0.4, 0.5) is 18.0 Å². The van der Waals surface area contributed by atoms with Crippen LogP contribution in [-0.4, -0.2) is 35.8 Å². The average Bonchev–Trinajstić information content (AvgIpc) is 2.47. The van der Waals surface area contributed by atoms with Crippen LogP contribution < -0.4 is 4.74 Å². The lowest BCUT2D eigenvalue weighted by Crippen LogP contribution is -2.46. The van der Waals surface area contributed by atoms with Gasteiger partial charge in [-0.25, -0.2) is 4.79 Å². The molecule has 0 radical (unpaired) electrons. The summed E-state index contributed by atoms with van der Waals surface area (Å²) in [5.74, 6) is -0.0347. The van der Waals surface area contributed by atoms with Crippen LogP contribution in [0.25, 0.3) is 0 Å². The molecule has 2 rings (SSSR count). The van der Waals surface area contributed by atoms with Crippen LogP contribution in [0.1, 0.15) is 39.2 Å². The average molecular weight is 380 g/mol. The third-order valence-corrected chi connectivity index (χ3v) is 3.98. The smallest absolute Gasteiger partial charge is 0.417 e. The molecule has 1 saturated heterocycles. The van der Waals surface area contributed by atoms with E-state index in [1.165, 1.54) is 17.0 Å². The van der Waals surface area contributed by atoms with E-state index in [1.807, 2.05) is 0 Å². The van der Waals surface area contributed by atoms with Crippen LogP contribution in [0.15, 0.2) is 18.2 Å². The fraction of sp³-hybridized carbons (Fsp3) is 0.588. The summed E-state index contributed by atoms with van der Waals surface area (Å²) in [7, 11) is 0. The molecule has 25 heavy (non-hydrogen) atoms. The number of rotatable bonds is 2. The molecular weight excluding hydrogens is 359 g/mol. The van der Waals surface area contributed by atoms with Crippen molar-refractivity contribution in [1.82, 2.24) is 4.90 Å². The highest BCUT2D eigenvalue weighted by atomic mass is 35.5. The normalized spacial score (nSPS) is 18.8. The number of ether oxygens (including phenoxy) is 2. The molecule has 1 aliphatic heterocycles. The van der Waals surface area contributed by atoms with Gasteiger partial charge in [-0.1, -0.05) is 17.7 Å². The Morgan fingerprint density at radius 3 is 2.56 bits per heavy atom. The lowest BCUT2D eigenvalue weighted by atomic mass is 10.1. The number of carbonyl (C=O) groups is 1. The molecule has 1 aliphatic rings. The van der Waals surface area contributed by atoms with Gasteiger partial charge < -0.3 is 14.4 Å². The quantitative estimate of drug-likeness (QED) is 0.714. The molecule has 1 aromatic rings. The topological polar surface area (TPSA) is 38.8 Å². The molecule has 0 aromatic heterocycles. The highest BCUT2D eigenvalue weighted by Gasteiger charge is 2.35. The number of nitrogens with zero attached hydrogens (tertiary/aromatic N) is 1. The number of likely N-dealkylation sites (tertiary alicyclic amines) is 1. The first-order chi connectivity index (χ1) is 11.5. The second-order valence-electron chi connectivity index (χ2n) is 6.92. The lowest BCUT2D eigenvalue weighted by molar-refractivity contribution is -0.137. The van der Waals surface area contributed by atoms with Crippen molar-refractivity contribution in [2.24, 2.45) is 0 Å². The summed E-state index contributed by atoms with van der Waals surface area (Å²) in [6.45, 7) is 6.06. The second-order valence-corrected chi connectivity index (χ2v) is 7.30.